The van der Waals surface area contributed by atoms with Crippen molar-refractivity contribution in [3.8, 4) is 0 Å². The smallest absolute Gasteiger partial charge is 0.324 e. The van der Waals surface area contributed by atoms with Gasteiger partial charge in [-0.2, -0.15) is 11.8 Å². The maximum absolute atomic E-state index is 11.8. The molecular formula is C13H23NO4S. The van der Waals surface area contributed by atoms with Crippen molar-refractivity contribution in [1.82, 2.24) is 5.32 Å². The van der Waals surface area contributed by atoms with Crippen LogP contribution in [-0.2, 0) is 14.3 Å². The van der Waals surface area contributed by atoms with Crippen LogP contribution in [0.2, 0.25) is 0 Å². The van der Waals surface area contributed by atoms with Crippen LogP contribution in [0.3, 0.4) is 0 Å². The molecule has 110 valence electrons. The summed E-state index contributed by atoms with van der Waals surface area (Å²) in [7, 11) is 0. The topological polar surface area (TPSA) is 75.6 Å². The third-order valence-corrected chi connectivity index (χ3v) is 4.66. The molecule has 0 aromatic heterocycles. The zero-order chi connectivity index (χ0) is 14.3. The molecule has 5 nitrogen and oxygen atoms in total. The zero-order valence-corrected chi connectivity index (χ0v) is 12.4. The highest BCUT2D eigenvalue weighted by atomic mass is 32.2. The summed E-state index contributed by atoms with van der Waals surface area (Å²) in [6.07, 6.45) is 4.88. The normalized spacial score (nSPS) is 19.1. The number of esters is 1. The van der Waals surface area contributed by atoms with E-state index in [4.69, 9.17) is 9.84 Å². The molecule has 1 aliphatic carbocycles. The summed E-state index contributed by atoms with van der Waals surface area (Å²) in [5.41, 5.74) is 0. The fraction of sp³-hybridized carbons (Fsp3) is 0.846. The van der Waals surface area contributed by atoms with E-state index in [1.807, 2.05) is 0 Å². The van der Waals surface area contributed by atoms with E-state index in [1.54, 1.807) is 18.7 Å². The molecule has 1 saturated carbocycles. The van der Waals surface area contributed by atoms with Crippen LogP contribution in [0.25, 0.3) is 0 Å². The third kappa shape index (κ3) is 5.82. The van der Waals surface area contributed by atoms with Gasteiger partial charge in [-0.15, -0.1) is 0 Å². The Morgan fingerprint density at radius 2 is 2.05 bits per heavy atom. The van der Waals surface area contributed by atoms with Gasteiger partial charge >= 0.3 is 11.9 Å². The van der Waals surface area contributed by atoms with E-state index in [0.29, 0.717) is 17.6 Å². The van der Waals surface area contributed by atoms with Crippen molar-refractivity contribution in [2.45, 2.75) is 56.9 Å². The van der Waals surface area contributed by atoms with Gasteiger partial charge in [-0.05, 0) is 26.7 Å². The van der Waals surface area contributed by atoms with Gasteiger partial charge in [0.25, 0.3) is 0 Å². The van der Waals surface area contributed by atoms with Crippen molar-refractivity contribution in [2.75, 3.05) is 12.4 Å². The summed E-state index contributed by atoms with van der Waals surface area (Å²) in [5, 5.41) is 12.3. The number of rotatable bonds is 8. The Balaban J connectivity index is 2.47. The Kier molecular flexibility index (Phi) is 7.23. The lowest BCUT2D eigenvalue weighted by molar-refractivity contribution is -0.146. The number of carbonyl (C=O) groups is 2. The van der Waals surface area contributed by atoms with Gasteiger partial charge in [0, 0.05) is 11.0 Å². The first-order chi connectivity index (χ1) is 9.04. The predicted octanol–water partition coefficient (Wildman–Crippen LogP) is 1.66. The number of aliphatic carboxylic acids is 1. The number of nitrogens with one attached hydrogen (secondary N) is 1. The number of ether oxygens (including phenoxy) is 1. The van der Waals surface area contributed by atoms with Gasteiger partial charge in [0.1, 0.15) is 12.1 Å². The van der Waals surface area contributed by atoms with Crippen molar-refractivity contribution in [1.29, 1.82) is 0 Å². The van der Waals surface area contributed by atoms with E-state index < -0.39 is 18.1 Å². The minimum atomic E-state index is -0.958. The average molecular weight is 289 g/mol. The zero-order valence-electron chi connectivity index (χ0n) is 11.6. The molecule has 0 spiro atoms. The second-order valence-corrected chi connectivity index (χ2v) is 6.10. The fourth-order valence-corrected chi connectivity index (χ4v) is 3.45. The largest absolute Gasteiger partial charge is 0.480 e. The summed E-state index contributed by atoms with van der Waals surface area (Å²) < 4.78 is 4.99. The summed E-state index contributed by atoms with van der Waals surface area (Å²) in [5.74, 6) is -0.748. The maximum atomic E-state index is 11.8. The van der Waals surface area contributed by atoms with E-state index in [1.165, 1.54) is 32.6 Å². The molecule has 0 bridgehead atoms. The lowest BCUT2D eigenvalue weighted by Crippen LogP contribution is -2.48. The number of thioether (sulfide) groups is 1. The Hall–Kier alpha value is -0.750. The van der Waals surface area contributed by atoms with Crippen LogP contribution >= 0.6 is 11.8 Å². The van der Waals surface area contributed by atoms with Gasteiger partial charge in [-0.1, -0.05) is 12.8 Å². The Labute approximate surface area is 118 Å². The highest BCUT2D eigenvalue weighted by molar-refractivity contribution is 8.00. The lowest BCUT2D eigenvalue weighted by atomic mass is 10.2. The van der Waals surface area contributed by atoms with Gasteiger partial charge in [0.15, 0.2) is 0 Å². The SMILES string of the molecule is CCOC(=O)C(CSC1CCCC1)N[C@@H](C)C(=O)O. The average Bonchev–Trinajstić information content (AvgIpc) is 2.87. The Morgan fingerprint density at radius 3 is 2.58 bits per heavy atom. The van der Waals surface area contributed by atoms with Crippen molar-refractivity contribution in [3.05, 3.63) is 0 Å². The van der Waals surface area contributed by atoms with Crippen LogP contribution in [0.15, 0.2) is 0 Å². The number of carbonyl (C=O) groups excluding carboxylic acids is 1. The molecule has 6 heteroatoms. The van der Waals surface area contributed by atoms with Gasteiger partial charge in [-0.25, -0.2) is 0 Å². The summed E-state index contributed by atoms with van der Waals surface area (Å²) in [6.45, 7) is 3.60. The van der Waals surface area contributed by atoms with Crippen LogP contribution in [0, 0.1) is 0 Å². The van der Waals surface area contributed by atoms with Gasteiger partial charge in [0.05, 0.1) is 6.61 Å². The lowest BCUT2D eigenvalue weighted by Gasteiger charge is -2.20. The molecule has 1 unspecified atom stereocenters. The first-order valence-electron chi connectivity index (χ1n) is 6.81. The van der Waals surface area contributed by atoms with E-state index in [-0.39, 0.29) is 5.97 Å². The second-order valence-electron chi connectivity index (χ2n) is 4.77. The standard InChI is InChI=1S/C13H23NO4S/c1-3-18-13(17)11(14-9(2)12(15)16)8-19-10-6-4-5-7-10/h9-11,14H,3-8H2,1-2H3,(H,15,16)/t9-,11?/m0/s1. The molecule has 2 N–H and O–H groups in total. The van der Waals surface area contributed by atoms with E-state index >= 15 is 0 Å². The molecule has 1 aliphatic rings. The van der Waals surface area contributed by atoms with Crippen LogP contribution in [0.4, 0.5) is 0 Å². The van der Waals surface area contributed by atoms with Crippen molar-refractivity contribution < 1.29 is 19.4 Å². The van der Waals surface area contributed by atoms with Gasteiger partial charge in [-0.3, -0.25) is 14.9 Å². The van der Waals surface area contributed by atoms with Crippen molar-refractivity contribution >= 4 is 23.7 Å². The summed E-state index contributed by atoms with van der Waals surface area (Å²) in [6, 6.07) is -1.30. The first kappa shape index (κ1) is 16.3. The quantitative estimate of drug-likeness (QED) is 0.662. The molecule has 1 rings (SSSR count). The minimum Gasteiger partial charge on any atom is -0.480 e. The number of hydrogen-bond acceptors (Lipinski definition) is 5. The van der Waals surface area contributed by atoms with Crippen LogP contribution in [0.1, 0.15) is 39.5 Å². The predicted molar refractivity (Wildman–Crippen MR) is 75.4 cm³/mol. The molecule has 0 amide bonds. The van der Waals surface area contributed by atoms with Crippen molar-refractivity contribution in [3.63, 3.8) is 0 Å². The Bertz CT molecular complexity index is 305. The molecule has 0 aromatic carbocycles. The van der Waals surface area contributed by atoms with Gasteiger partial charge in [0.2, 0.25) is 0 Å². The first-order valence-corrected chi connectivity index (χ1v) is 7.86. The molecule has 0 heterocycles. The molecule has 0 aliphatic heterocycles. The third-order valence-electron chi connectivity index (χ3n) is 3.19. The Morgan fingerprint density at radius 1 is 1.42 bits per heavy atom. The molecule has 1 fully saturated rings. The van der Waals surface area contributed by atoms with E-state index in [0.717, 1.165) is 0 Å². The maximum Gasteiger partial charge on any atom is 0.324 e. The number of carboxylic acids is 1. The van der Waals surface area contributed by atoms with Crippen LogP contribution in [0.5, 0.6) is 0 Å². The van der Waals surface area contributed by atoms with E-state index in [2.05, 4.69) is 5.32 Å². The minimum absolute atomic E-state index is 0.312. The monoisotopic (exact) mass is 289 g/mol. The second kappa shape index (κ2) is 8.43. The molecule has 0 radical (unpaired) electrons. The van der Waals surface area contributed by atoms with Gasteiger partial charge < -0.3 is 9.84 Å². The van der Waals surface area contributed by atoms with Crippen LogP contribution < -0.4 is 5.32 Å². The highest BCUT2D eigenvalue weighted by Crippen LogP contribution is 2.29. The van der Waals surface area contributed by atoms with Crippen LogP contribution in [-0.4, -0.2) is 46.7 Å². The molecule has 2 atom stereocenters. The fourth-order valence-electron chi connectivity index (χ4n) is 2.09. The number of hydrogen-bond donors (Lipinski definition) is 2. The van der Waals surface area contributed by atoms with E-state index in [9.17, 15) is 9.59 Å². The molecule has 19 heavy (non-hydrogen) atoms. The summed E-state index contributed by atoms with van der Waals surface area (Å²) in [4.78, 5) is 22.7. The number of carboxylic acid groups (broad SMARTS) is 1. The molecule has 0 saturated heterocycles. The van der Waals surface area contributed by atoms with Crippen molar-refractivity contribution in [2.24, 2.45) is 0 Å². The highest BCUT2D eigenvalue weighted by Gasteiger charge is 2.26. The summed E-state index contributed by atoms with van der Waals surface area (Å²) >= 11 is 1.74. The molecule has 0 aromatic rings. The molecular weight excluding hydrogens is 266 g/mol.